The molecule has 106 valence electrons. The highest BCUT2D eigenvalue weighted by molar-refractivity contribution is 5.85. The molecule has 0 aliphatic heterocycles. The molecule has 0 unspecified atom stereocenters. The minimum Gasteiger partial charge on any atom is -0.438 e. The zero-order valence-corrected chi connectivity index (χ0v) is 12.2. The number of aromatic nitrogens is 3. The van der Waals surface area contributed by atoms with Gasteiger partial charge in [0.2, 0.25) is 5.88 Å². The Morgan fingerprint density at radius 2 is 1.90 bits per heavy atom. The Balaban J connectivity index is 2.09. The fourth-order valence-electron chi connectivity index (χ4n) is 2.21. The van der Waals surface area contributed by atoms with E-state index < -0.39 is 0 Å². The molecule has 21 heavy (non-hydrogen) atoms. The number of aryl methyl sites for hydroxylation is 1. The number of rotatable bonds is 3. The lowest BCUT2D eigenvalue weighted by atomic mass is 10.2. The van der Waals surface area contributed by atoms with Gasteiger partial charge in [-0.3, -0.25) is 4.98 Å². The Hall–Kier alpha value is -2.69. The van der Waals surface area contributed by atoms with Crippen molar-refractivity contribution >= 4 is 16.7 Å². The largest absolute Gasteiger partial charge is 0.438 e. The Kier molecular flexibility index (Phi) is 3.39. The molecule has 0 aliphatic carbocycles. The quantitative estimate of drug-likeness (QED) is 0.796. The maximum absolute atomic E-state index is 6.01. The molecule has 2 heterocycles. The first-order valence-corrected chi connectivity index (χ1v) is 6.73. The second kappa shape index (κ2) is 5.36. The van der Waals surface area contributed by atoms with Gasteiger partial charge in [0.05, 0.1) is 11.1 Å². The SMILES string of the molecule is CNc1nc(C)nc(Oc2cccc3ncccc23)c1C. The lowest BCUT2D eigenvalue weighted by molar-refractivity contribution is 0.461. The van der Waals surface area contributed by atoms with E-state index in [0.29, 0.717) is 11.7 Å². The van der Waals surface area contributed by atoms with Crippen molar-refractivity contribution < 1.29 is 4.74 Å². The van der Waals surface area contributed by atoms with Crippen LogP contribution in [0.5, 0.6) is 11.6 Å². The highest BCUT2D eigenvalue weighted by atomic mass is 16.5. The third-order valence-corrected chi connectivity index (χ3v) is 3.26. The van der Waals surface area contributed by atoms with Crippen molar-refractivity contribution in [3.05, 3.63) is 47.9 Å². The molecule has 3 aromatic rings. The monoisotopic (exact) mass is 280 g/mol. The molecule has 5 nitrogen and oxygen atoms in total. The summed E-state index contributed by atoms with van der Waals surface area (Å²) in [5.41, 5.74) is 1.77. The normalized spacial score (nSPS) is 10.6. The van der Waals surface area contributed by atoms with E-state index in [4.69, 9.17) is 4.74 Å². The van der Waals surface area contributed by atoms with Gasteiger partial charge in [0, 0.05) is 18.6 Å². The minimum atomic E-state index is 0.559. The van der Waals surface area contributed by atoms with E-state index in [1.165, 1.54) is 0 Å². The Labute approximate surface area is 123 Å². The minimum absolute atomic E-state index is 0.559. The average molecular weight is 280 g/mol. The van der Waals surface area contributed by atoms with E-state index in [0.717, 1.165) is 28.0 Å². The van der Waals surface area contributed by atoms with Crippen molar-refractivity contribution in [1.29, 1.82) is 0 Å². The highest BCUT2D eigenvalue weighted by Gasteiger charge is 2.12. The van der Waals surface area contributed by atoms with Crippen LogP contribution in [0.2, 0.25) is 0 Å². The van der Waals surface area contributed by atoms with Crippen LogP contribution in [0, 0.1) is 13.8 Å². The van der Waals surface area contributed by atoms with Crippen LogP contribution in [0.1, 0.15) is 11.4 Å². The summed E-state index contributed by atoms with van der Waals surface area (Å²) < 4.78 is 6.01. The van der Waals surface area contributed by atoms with Crippen molar-refractivity contribution in [1.82, 2.24) is 15.0 Å². The molecule has 0 radical (unpaired) electrons. The van der Waals surface area contributed by atoms with Crippen LogP contribution in [0.3, 0.4) is 0 Å². The first kappa shape index (κ1) is 13.3. The summed E-state index contributed by atoms with van der Waals surface area (Å²) in [5, 5.41) is 4.02. The summed E-state index contributed by atoms with van der Waals surface area (Å²) >= 11 is 0. The fraction of sp³-hybridized carbons (Fsp3) is 0.188. The van der Waals surface area contributed by atoms with Crippen molar-refractivity contribution in [2.24, 2.45) is 0 Å². The summed E-state index contributed by atoms with van der Waals surface area (Å²) in [6, 6.07) is 9.68. The molecule has 5 heteroatoms. The number of pyridine rings is 1. The van der Waals surface area contributed by atoms with E-state index in [1.807, 2.05) is 51.2 Å². The summed E-state index contributed by atoms with van der Waals surface area (Å²) in [6.45, 7) is 3.78. The number of hydrogen-bond acceptors (Lipinski definition) is 5. The first-order valence-electron chi connectivity index (χ1n) is 6.73. The van der Waals surface area contributed by atoms with E-state index in [2.05, 4.69) is 20.3 Å². The van der Waals surface area contributed by atoms with E-state index in [1.54, 1.807) is 6.20 Å². The van der Waals surface area contributed by atoms with E-state index >= 15 is 0 Å². The lowest BCUT2D eigenvalue weighted by Crippen LogP contribution is -2.03. The van der Waals surface area contributed by atoms with Crippen molar-refractivity contribution in [3.63, 3.8) is 0 Å². The third kappa shape index (κ3) is 2.50. The molecule has 0 bridgehead atoms. The first-order chi connectivity index (χ1) is 10.2. The maximum atomic E-state index is 6.01. The van der Waals surface area contributed by atoms with Gasteiger partial charge in [-0.05, 0) is 38.1 Å². The predicted octanol–water partition coefficient (Wildman–Crippen LogP) is 3.48. The smallest absolute Gasteiger partial charge is 0.227 e. The Morgan fingerprint density at radius 1 is 1.05 bits per heavy atom. The van der Waals surface area contributed by atoms with Crippen molar-refractivity contribution in [2.45, 2.75) is 13.8 Å². The van der Waals surface area contributed by atoms with Crippen LogP contribution in [-0.4, -0.2) is 22.0 Å². The van der Waals surface area contributed by atoms with Gasteiger partial charge < -0.3 is 10.1 Å². The van der Waals surface area contributed by atoms with Gasteiger partial charge in [-0.15, -0.1) is 0 Å². The highest BCUT2D eigenvalue weighted by Crippen LogP contribution is 2.31. The summed E-state index contributed by atoms with van der Waals surface area (Å²) in [7, 11) is 1.83. The van der Waals surface area contributed by atoms with Crippen LogP contribution in [0.15, 0.2) is 36.5 Å². The van der Waals surface area contributed by atoms with Gasteiger partial charge in [0.25, 0.3) is 0 Å². The molecule has 2 aromatic heterocycles. The van der Waals surface area contributed by atoms with Crippen LogP contribution in [0.4, 0.5) is 5.82 Å². The Morgan fingerprint density at radius 3 is 2.71 bits per heavy atom. The molecule has 1 aromatic carbocycles. The Bertz CT molecular complexity index is 796. The van der Waals surface area contributed by atoms with Gasteiger partial charge in [-0.2, -0.15) is 4.98 Å². The number of benzene rings is 1. The number of hydrogen-bond donors (Lipinski definition) is 1. The number of nitrogens with one attached hydrogen (secondary N) is 1. The average Bonchev–Trinajstić information content (AvgIpc) is 2.51. The van der Waals surface area contributed by atoms with E-state index in [-0.39, 0.29) is 0 Å². The van der Waals surface area contributed by atoms with Gasteiger partial charge in [0.1, 0.15) is 17.4 Å². The van der Waals surface area contributed by atoms with Crippen LogP contribution in [0.25, 0.3) is 10.9 Å². The molecular weight excluding hydrogens is 264 g/mol. The standard InChI is InChI=1S/C16H16N4O/c1-10-15(17-3)19-11(2)20-16(10)21-14-8-4-7-13-12(14)6-5-9-18-13/h4-9H,1-3H3,(H,17,19,20). The summed E-state index contributed by atoms with van der Waals surface area (Å²) in [6.07, 6.45) is 1.77. The molecule has 1 N–H and O–H groups in total. The zero-order chi connectivity index (χ0) is 14.8. The zero-order valence-electron chi connectivity index (χ0n) is 12.2. The molecule has 0 saturated carbocycles. The third-order valence-electron chi connectivity index (χ3n) is 3.26. The van der Waals surface area contributed by atoms with Crippen molar-refractivity contribution in [3.8, 4) is 11.6 Å². The topological polar surface area (TPSA) is 59.9 Å². The lowest BCUT2D eigenvalue weighted by Gasteiger charge is -2.12. The number of nitrogens with zero attached hydrogens (tertiary/aromatic N) is 3. The molecule has 0 atom stereocenters. The van der Waals surface area contributed by atoms with Gasteiger partial charge >= 0.3 is 0 Å². The molecule has 0 saturated heterocycles. The van der Waals surface area contributed by atoms with Crippen molar-refractivity contribution in [2.75, 3.05) is 12.4 Å². The van der Waals surface area contributed by atoms with Gasteiger partial charge in [-0.1, -0.05) is 6.07 Å². The maximum Gasteiger partial charge on any atom is 0.227 e. The van der Waals surface area contributed by atoms with Crippen LogP contribution >= 0.6 is 0 Å². The summed E-state index contributed by atoms with van der Waals surface area (Å²) in [4.78, 5) is 13.1. The molecule has 3 rings (SSSR count). The number of ether oxygens (including phenoxy) is 1. The molecule has 0 fully saturated rings. The molecule has 0 amide bonds. The predicted molar refractivity (Wildman–Crippen MR) is 82.9 cm³/mol. The van der Waals surface area contributed by atoms with Gasteiger partial charge in [0.15, 0.2) is 0 Å². The molecule has 0 aliphatic rings. The number of fused-ring (bicyclic) bond motifs is 1. The van der Waals surface area contributed by atoms with Gasteiger partial charge in [-0.25, -0.2) is 4.98 Å². The summed E-state index contributed by atoms with van der Waals surface area (Å²) in [5.74, 6) is 2.74. The molecule has 0 spiro atoms. The second-order valence-electron chi connectivity index (χ2n) is 4.73. The van der Waals surface area contributed by atoms with Crippen LogP contribution < -0.4 is 10.1 Å². The fourth-order valence-corrected chi connectivity index (χ4v) is 2.21. The van der Waals surface area contributed by atoms with Crippen LogP contribution in [-0.2, 0) is 0 Å². The second-order valence-corrected chi connectivity index (χ2v) is 4.73. The molecular formula is C16H16N4O. The van der Waals surface area contributed by atoms with E-state index in [9.17, 15) is 0 Å². The number of anilines is 1.